The molecule has 27 heavy (non-hydrogen) atoms. The molecule has 2 aromatic carbocycles. The van der Waals surface area contributed by atoms with Gasteiger partial charge in [0.05, 0.1) is 0 Å². The molecule has 0 saturated carbocycles. The second kappa shape index (κ2) is 7.97. The molecule has 1 aliphatic rings. The first-order valence-corrected chi connectivity index (χ1v) is 11.1. The smallest absolute Gasteiger partial charge is 0.263 e. The Kier molecular flexibility index (Phi) is 5.85. The van der Waals surface area contributed by atoms with Crippen LogP contribution in [0.15, 0.2) is 63.3 Å². The van der Waals surface area contributed by atoms with Crippen molar-refractivity contribution in [1.82, 2.24) is 5.32 Å². The third-order valence-electron chi connectivity index (χ3n) is 3.98. The Bertz CT molecular complexity index is 973. The summed E-state index contributed by atoms with van der Waals surface area (Å²) < 4.78 is 23.1. The Hall–Kier alpha value is -1.94. The fourth-order valence-electron chi connectivity index (χ4n) is 2.33. The molecule has 0 fully saturated rings. The molecule has 1 unspecified atom stereocenters. The van der Waals surface area contributed by atoms with Crippen LogP contribution in [0.2, 0.25) is 0 Å². The third-order valence-corrected chi connectivity index (χ3v) is 6.93. The number of nitrogens with zero attached hydrogens (tertiary/aromatic N) is 1. The number of hydrogen-bond donors (Lipinski definition) is 1. The van der Waals surface area contributed by atoms with Crippen molar-refractivity contribution in [3.63, 3.8) is 0 Å². The van der Waals surface area contributed by atoms with E-state index in [1.54, 1.807) is 24.3 Å². The molecular formula is C18H15N2O4S3-. The van der Waals surface area contributed by atoms with Crippen LogP contribution in [-0.2, 0) is 20.7 Å². The van der Waals surface area contributed by atoms with Crippen molar-refractivity contribution in [1.29, 1.82) is 0 Å². The molecule has 9 heteroatoms. The van der Waals surface area contributed by atoms with E-state index in [0.717, 1.165) is 21.3 Å². The molecule has 0 bridgehead atoms. The molecular weight excluding hydrogens is 404 g/mol. The van der Waals surface area contributed by atoms with Gasteiger partial charge in [0.15, 0.2) is 5.17 Å². The number of carbonyl (C=O) groups excluding carboxylic acids is 2. The van der Waals surface area contributed by atoms with Gasteiger partial charge in [-0.3, -0.25) is 13.8 Å². The zero-order valence-corrected chi connectivity index (χ0v) is 16.9. The van der Waals surface area contributed by atoms with Gasteiger partial charge in [0.2, 0.25) is 5.91 Å². The minimum atomic E-state index is -2.37. The largest absolute Gasteiger partial charge is 0.768 e. The molecule has 0 saturated heterocycles. The number of nitrogens with one attached hydrogen (secondary N) is 1. The Balaban J connectivity index is 1.88. The highest BCUT2D eigenvalue weighted by Gasteiger charge is 2.40. The molecule has 0 aromatic heterocycles. The van der Waals surface area contributed by atoms with E-state index in [0.29, 0.717) is 5.56 Å². The number of rotatable bonds is 4. The Morgan fingerprint density at radius 2 is 1.63 bits per heavy atom. The first-order valence-electron chi connectivity index (χ1n) is 7.87. The van der Waals surface area contributed by atoms with Crippen molar-refractivity contribution >= 4 is 49.7 Å². The molecule has 0 spiro atoms. The minimum absolute atomic E-state index is 0.204. The van der Waals surface area contributed by atoms with E-state index in [9.17, 15) is 18.4 Å². The molecule has 140 valence electrons. The molecule has 1 atom stereocenters. The van der Waals surface area contributed by atoms with E-state index < -0.39 is 28.3 Å². The van der Waals surface area contributed by atoms with Crippen molar-refractivity contribution in [2.45, 2.75) is 23.6 Å². The highest BCUT2D eigenvalue weighted by Crippen LogP contribution is 2.40. The van der Waals surface area contributed by atoms with Gasteiger partial charge in [0.1, 0.15) is 5.41 Å². The van der Waals surface area contributed by atoms with E-state index >= 15 is 0 Å². The molecule has 1 aliphatic heterocycles. The van der Waals surface area contributed by atoms with Crippen LogP contribution >= 0.6 is 21.6 Å². The van der Waals surface area contributed by atoms with Crippen molar-refractivity contribution < 1.29 is 18.4 Å². The van der Waals surface area contributed by atoms with Crippen molar-refractivity contribution in [3.05, 3.63) is 48.5 Å². The Morgan fingerprint density at radius 3 is 2.30 bits per heavy atom. The second-order valence-electron chi connectivity index (χ2n) is 6.19. The minimum Gasteiger partial charge on any atom is -0.768 e. The molecule has 3 rings (SSSR count). The standard InChI is InChI=1S/C18H16N2O4S3/c1-18(2)15(21)19-17(20-16(18)22)26-25-13-9-5-3-7-11(13)12-8-4-6-10-14(12)27(23)24/h3-10H,1-2H3,(H,23,24)(H,19,20,21,22)/p-1. The van der Waals surface area contributed by atoms with Crippen molar-refractivity contribution in [3.8, 4) is 11.1 Å². The van der Waals surface area contributed by atoms with Gasteiger partial charge < -0.3 is 9.87 Å². The maximum Gasteiger partial charge on any atom is 0.263 e. The first-order chi connectivity index (χ1) is 12.8. The molecule has 1 N–H and O–H groups in total. The SMILES string of the molecule is CC1(C)C(=O)N=C(SSc2ccccc2-c2ccccc2S(=O)[O-])NC1=O. The summed E-state index contributed by atoms with van der Waals surface area (Å²) in [6.07, 6.45) is 0. The fourth-order valence-corrected chi connectivity index (χ4v) is 4.88. The third kappa shape index (κ3) is 4.16. The molecule has 2 aromatic rings. The van der Waals surface area contributed by atoms with Crippen molar-refractivity contribution in [2.24, 2.45) is 10.4 Å². The van der Waals surface area contributed by atoms with Crippen LogP contribution in [0.5, 0.6) is 0 Å². The summed E-state index contributed by atoms with van der Waals surface area (Å²) in [4.78, 5) is 29.0. The lowest BCUT2D eigenvalue weighted by molar-refractivity contribution is -0.139. The Morgan fingerprint density at radius 1 is 1.00 bits per heavy atom. The van der Waals surface area contributed by atoms with Gasteiger partial charge in [0, 0.05) is 9.79 Å². The van der Waals surface area contributed by atoms with E-state index in [1.165, 1.54) is 24.6 Å². The molecule has 0 radical (unpaired) electrons. The lowest BCUT2D eigenvalue weighted by atomic mass is 9.91. The van der Waals surface area contributed by atoms with E-state index in [4.69, 9.17) is 0 Å². The van der Waals surface area contributed by atoms with Gasteiger partial charge in [0.25, 0.3) is 5.91 Å². The van der Waals surface area contributed by atoms with Gasteiger partial charge in [-0.15, -0.1) is 0 Å². The molecule has 1 heterocycles. The maximum atomic E-state index is 12.1. The van der Waals surface area contributed by atoms with Crippen LogP contribution < -0.4 is 5.32 Å². The van der Waals surface area contributed by atoms with E-state index in [2.05, 4.69) is 10.3 Å². The van der Waals surface area contributed by atoms with E-state index in [1.807, 2.05) is 24.3 Å². The summed E-state index contributed by atoms with van der Waals surface area (Å²) in [5.74, 6) is -0.888. The zero-order chi connectivity index (χ0) is 19.6. The van der Waals surface area contributed by atoms with Gasteiger partial charge in [-0.1, -0.05) is 36.4 Å². The summed E-state index contributed by atoms with van der Waals surface area (Å²) in [5, 5.41) is 2.84. The average Bonchev–Trinajstić information content (AvgIpc) is 2.65. The van der Waals surface area contributed by atoms with E-state index in [-0.39, 0.29) is 10.1 Å². The topological polar surface area (TPSA) is 98.7 Å². The number of benzene rings is 2. The van der Waals surface area contributed by atoms with Gasteiger partial charge in [-0.05, 0) is 69.8 Å². The fraction of sp³-hybridized carbons (Fsp3) is 0.167. The monoisotopic (exact) mass is 419 g/mol. The number of carbonyl (C=O) groups is 2. The Labute approximate surface area is 166 Å². The number of aliphatic imine (C=N–C) groups is 1. The normalized spacial score (nSPS) is 17.2. The maximum absolute atomic E-state index is 12.1. The van der Waals surface area contributed by atoms with Crippen LogP contribution in [0.4, 0.5) is 0 Å². The van der Waals surface area contributed by atoms with Crippen LogP contribution in [0.3, 0.4) is 0 Å². The predicted molar refractivity (Wildman–Crippen MR) is 107 cm³/mol. The van der Waals surface area contributed by atoms with Crippen LogP contribution in [0.25, 0.3) is 11.1 Å². The summed E-state index contributed by atoms with van der Waals surface area (Å²) in [7, 11) is 2.43. The molecule has 0 aliphatic carbocycles. The number of hydrogen-bond acceptors (Lipinski definition) is 6. The summed E-state index contributed by atoms with van der Waals surface area (Å²) in [5.41, 5.74) is 0.148. The highest BCUT2D eigenvalue weighted by molar-refractivity contribution is 8.82. The van der Waals surface area contributed by atoms with Crippen LogP contribution in [0.1, 0.15) is 13.8 Å². The predicted octanol–water partition coefficient (Wildman–Crippen LogP) is 3.37. The lowest BCUT2D eigenvalue weighted by Crippen LogP contribution is -2.48. The van der Waals surface area contributed by atoms with Gasteiger partial charge in [-0.2, -0.15) is 4.99 Å². The lowest BCUT2D eigenvalue weighted by Gasteiger charge is -2.24. The van der Waals surface area contributed by atoms with Crippen molar-refractivity contribution in [2.75, 3.05) is 0 Å². The second-order valence-corrected chi connectivity index (χ2v) is 9.26. The first kappa shape index (κ1) is 19.8. The summed E-state index contributed by atoms with van der Waals surface area (Å²) in [6, 6.07) is 14.0. The summed E-state index contributed by atoms with van der Waals surface area (Å²) in [6.45, 7) is 3.05. The highest BCUT2D eigenvalue weighted by atomic mass is 33.1. The van der Waals surface area contributed by atoms with Crippen LogP contribution in [0, 0.1) is 5.41 Å². The summed E-state index contributed by atoms with van der Waals surface area (Å²) >= 11 is -2.37. The van der Waals surface area contributed by atoms with Gasteiger partial charge in [-0.25, -0.2) is 0 Å². The average molecular weight is 420 g/mol. The molecule has 2 amide bonds. The quantitative estimate of drug-likeness (QED) is 0.463. The zero-order valence-electron chi connectivity index (χ0n) is 14.4. The number of amides is 2. The number of amidine groups is 1. The van der Waals surface area contributed by atoms with Gasteiger partial charge >= 0.3 is 0 Å². The van der Waals surface area contributed by atoms with Crippen LogP contribution in [-0.4, -0.2) is 25.7 Å². The molecule has 6 nitrogen and oxygen atoms in total.